The molecular formula is C8H16N4O. The molecular weight excluding hydrogens is 168 g/mol. The van der Waals surface area contributed by atoms with Gasteiger partial charge in [-0.15, -0.1) is 0 Å². The molecule has 5 nitrogen and oxygen atoms in total. The number of aromatic nitrogens is 2. The van der Waals surface area contributed by atoms with Crippen molar-refractivity contribution < 1.29 is 4.74 Å². The standard InChI is InChI=1S/C8H16N4O/c1-6(5-13-2)3-10-7-4-11-12-8(7)9/h4,6,10H,3,5H2,1-2H3,(H3,9,11,12). The highest BCUT2D eigenvalue weighted by molar-refractivity contribution is 5.59. The number of methoxy groups -OCH3 is 1. The van der Waals surface area contributed by atoms with Crippen LogP contribution in [0.5, 0.6) is 0 Å². The van der Waals surface area contributed by atoms with Gasteiger partial charge in [-0.05, 0) is 5.92 Å². The SMILES string of the molecule is COCC(C)CNc1cn[nH]c1N. The smallest absolute Gasteiger partial charge is 0.142 e. The summed E-state index contributed by atoms with van der Waals surface area (Å²) in [7, 11) is 1.70. The van der Waals surface area contributed by atoms with Crippen LogP contribution in [0.3, 0.4) is 0 Å². The normalized spacial score (nSPS) is 12.8. The van der Waals surface area contributed by atoms with Crippen molar-refractivity contribution in [3.8, 4) is 0 Å². The van der Waals surface area contributed by atoms with Gasteiger partial charge in [-0.2, -0.15) is 5.10 Å². The maximum absolute atomic E-state index is 5.59. The van der Waals surface area contributed by atoms with E-state index in [1.165, 1.54) is 0 Å². The third kappa shape index (κ3) is 2.95. The summed E-state index contributed by atoms with van der Waals surface area (Å²) in [4.78, 5) is 0. The summed E-state index contributed by atoms with van der Waals surface area (Å²) in [5, 5.41) is 9.64. The van der Waals surface area contributed by atoms with E-state index in [0.717, 1.165) is 18.8 Å². The predicted octanol–water partition coefficient (Wildman–Crippen LogP) is 0.686. The Balaban J connectivity index is 2.30. The lowest BCUT2D eigenvalue weighted by Gasteiger charge is -2.11. The Morgan fingerprint density at radius 1 is 1.77 bits per heavy atom. The first kappa shape index (κ1) is 9.85. The number of nitrogen functional groups attached to an aromatic ring is 1. The van der Waals surface area contributed by atoms with Gasteiger partial charge in [-0.1, -0.05) is 6.92 Å². The first-order valence-corrected chi connectivity index (χ1v) is 4.25. The molecule has 13 heavy (non-hydrogen) atoms. The third-order valence-electron chi connectivity index (χ3n) is 1.76. The summed E-state index contributed by atoms with van der Waals surface area (Å²) in [6, 6.07) is 0. The molecule has 0 aromatic carbocycles. The predicted molar refractivity (Wildman–Crippen MR) is 52.5 cm³/mol. The van der Waals surface area contributed by atoms with Gasteiger partial charge in [-0.3, -0.25) is 5.10 Å². The Kier molecular flexibility index (Phi) is 3.57. The van der Waals surface area contributed by atoms with Crippen molar-refractivity contribution in [1.29, 1.82) is 0 Å². The molecule has 1 heterocycles. The summed E-state index contributed by atoms with van der Waals surface area (Å²) in [5.74, 6) is 1.03. The van der Waals surface area contributed by atoms with Gasteiger partial charge in [0.15, 0.2) is 0 Å². The summed E-state index contributed by atoms with van der Waals surface area (Å²) < 4.78 is 5.01. The second-order valence-corrected chi connectivity index (χ2v) is 3.14. The topological polar surface area (TPSA) is 76.0 Å². The van der Waals surface area contributed by atoms with Crippen LogP contribution in [0.15, 0.2) is 6.20 Å². The van der Waals surface area contributed by atoms with Gasteiger partial charge in [0.2, 0.25) is 0 Å². The number of ether oxygens (including phenoxy) is 1. The van der Waals surface area contributed by atoms with E-state index in [1.54, 1.807) is 13.3 Å². The Labute approximate surface area is 77.7 Å². The zero-order valence-corrected chi connectivity index (χ0v) is 8.00. The van der Waals surface area contributed by atoms with Crippen molar-refractivity contribution >= 4 is 11.5 Å². The molecule has 0 radical (unpaired) electrons. The van der Waals surface area contributed by atoms with Gasteiger partial charge < -0.3 is 15.8 Å². The summed E-state index contributed by atoms with van der Waals surface area (Å²) >= 11 is 0. The average molecular weight is 184 g/mol. The zero-order valence-electron chi connectivity index (χ0n) is 8.00. The van der Waals surface area contributed by atoms with Crippen molar-refractivity contribution in [2.45, 2.75) is 6.92 Å². The molecule has 0 aliphatic rings. The lowest BCUT2D eigenvalue weighted by molar-refractivity contribution is 0.164. The molecule has 0 aliphatic carbocycles. The van der Waals surface area contributed by atoms with E-state index in [9.17, 15) is 0 Å². The maximum atomic E-state index is 5.59. The zero-order chi connectivity index (χ0) is 9.68. The van der Waals surface area contributed by atoms with E-state index in [-0.39, 0.29) is 0 Å². The number of nitrogens with two attached hydrogens (primary N) is 1. The minimum atomic E-state index is 0.458. The van der Waals surface area contributed by atoms with E-state index in [2.05, 4.69) is 22.4 Å². The van der Waals surface area contributed by atoms with Crippen molar-refractivity contribution in [2.75, 3.05) is 31.3 Å². The minimum Gasteiger partial charge on any atom is -0.384 e. The summed E-state index contributed by atoms with van der Waals surface area (Å²) in [5.41, 5.74) is 6.44. The van der Waals surface area contributed by atoms with Gasteiger partial charge in [0.1, 0.15) is 5.82 Å². The molecule has 0 spiro atoms. The monoisotopic (exact) mass is 184 g/mol. The number of hydrogen-bond acceptors (Lipinski definition) is 4. The molecule has 4 N–H and O–H groups in total. The fourth-order valence-electron chi connectivity index (χ4n) is 1.06. The highest BCUT2D eigenvalue weighted by atomic mass is 16.5. The van der Waals surface area contributed by atoms with E-state index in [1.807, 2.05) is 0 Å². The summed E-state index contributed by atoms with van der Waals surface area (Å²) in [6.45, 7) is 3.68. The Bertz CT molecular complexity index is 248. The number of H-pyrrole nitrogens is 1. The Morgan fingerprint density at radius 2 is 2.54 bits per heavy atom. The quantitative estimate of drug-likeness (QED) is 0.629. The van der Waals surface area contributed by atoms with Crippen LogP contribution in [-0.2, 0) is 4.74 Å². The highest BCUT2D eigenvalue weighted by Gasteiger charge is 2.03. The lowest BCUT2D eigenvalue weighted by atomic mass is 10.2. The van der Waals surface area contributed by atoms with Gasteiger partial charge in [0.05, 0.1) is 18.5 Å². The first-order valence-electron chi connectivity index (χ1n) is 4.25. The maximum Gasteiger partial charge on any atom is 0.142 e. The molecule has 1 aromatic rings. The second-order valence-electron chi connectivity index (χ2n) is 3.14. The van der Waals surface area contributed by atoms with Crippen molar-refractivity contribution in [3.05, 3.63) is 6.20 Å². The molecule has 0 saturated heterocycles. The number of hydrogen-bond donors (Lipinski definition) is 3. The number of rotatable bonds is 5. The molecule has 0 amide bonds. The fourth-order valence-corrected chi connectivity index (χ4v) is 1.06. The fraction of sp³-hybridized carbons (Fsp3) is 0.625. The van der Waals surface area contributed by atoms with Crippen molar-refractivity contribution in [3.63, 3.8) is 0 Å². The second kappa shape index (κ2) is 4.71. The molecule has 1 aromatic heterocycles. The van der Waals surface area contributed by atoms with Gasteiger partial charge in [-0.25, -0.2) is 0 Å². The van der Waals surface area contributed by atoms with Crippen LogP contribution in [-0.4, -0.2) is 30.5 Å². The van der Waals surface area contributed by atoms with Gasteiger partial charge in [0.25, 0.3) is 0 Å². The molecule has 0 saturated carbocycles. The third-order valence-corrected chi connectivity index (χ3v) is 1.76. The van der Waals surface area contributed by atoms with Crippen LogP contribution in [0.4, 0.5) is 11.5 Å². The van der Waals surface area contributed by atoms with Crippen LogP contribution in [0.2, 0.25) is 0 Å². The van der Waals surface area contributed by atoms with E-state index < -0.39 is 0 Å². The van der Waals surface area contributed by atoms with Gasteiger partial charge in [0, 0.05) is 13.7 Å². The van der Waals surface area contributed by atoms with Crippen molar-refractivity contribution in [1.82, 2.24) is 10.2 Å². The molecule has 74 valence electrons. The van der Waals surface area contributed by atoms with Crippen molar-refractivity contribution in [2.24, 2.45) is 5.92 Å². The molecule has 1 unspecified atom stereocenters. The number of aromatic amines is 1. The molecule has 0 aliphatic heterocycles. The van der Waals surface area contributed by atoms with E-state index in [0.29, 0.717) is 11.7 Å². The molecule has 0 fully saturated rings. The lowest BCUT2D eigenvalue weighted by Crippen LogP contribution is -2.16. The Morgan fingerprint density at radius 3 is 3.08 bits per heavy atom. The molecule has 0 bridgehead atoms. The molecule has 1 rings (SSSR count). The molecule has 5 heteroatoms. The minimum absolute atomic E-state index is 0.458. The van der Waals surface area contributed by atoms with E-state index in [4.69, 9.17) is 10.5 Å². The Hall–Kier alpha value is -1.23. The number of nitrogens with one attached hydrogen (secondary N) is 2. The van der Waals surface area contributed by atoms with Crippen LogP contribution in [0, 0.1) is 5.92 Å². The number of anilines is 2. The highest BCUT2D eigenvalue weighted by Crippen LogP contribution is 2.13. The summed E-state index contributed by atoms with van der Waals surface area (Å²) in [6.07, 6.45) is 1.68. The van der Waals surface area contributed by atoms with Gasteiger partial charge >= 0.3 is 0 Å². The van der Waals surface area contributed by atoms with E-state index >= 15 is 0 Å². The van der Waals surface area contributed by atoms with Crippen LogP contribution < -0.4 is 11.1 Å². The van der Waals surface area contributed by atoms with Crippen LogP contribution in [0.25, 0.3) is 0 Å². The number of nitrogens with zero attached hydrogens (tertiary/aromatic N) is 1. The first-order chi connectivity index (χ1) is 6.24. The average Bonchev–Trinajstić information content (AvgIpc) is 2.48. The van der Waals surface area contributed by atoms with Crippen LogP contribution >= 0.6 is 0 Å². The largest absolute Gasteiger partial charge is 0.384 e. The van der Waals surface area contributed by atoms with Crippen LogP contribution in [0.1, 0.15) is 6.92 Å². The molecule has 1 atom stereocenters.